The van der Waals surface area contributed by atoms with Gasteiger partial charge in [-0.05, 0) is 47.9 Å². The summed E-state index contributed by atoms with van der Waals surface area (Å²) in [5, 5.41) is 2.44. The van der Waals surface area contributed by atoms with Crippen molar-refractivity contribution in [1.82, 2.24) is 0 Å². The van der Waals surface area contributed by atoms with E-state index in [1.54, 1.807) is 12.1 Å². The van der Waals surface area contributed by atoms with E-state index >= 15 is 0 Å². The minimum Gasteiger partial charge on any atom is -0.494 e. The molecule has 3 heteroatoms. The van der Waals surface area contributed by atoms with Crippen LogP contribution in [0.1, 0.15) is 42.5 Å². The van der Waals surface area contributed by atoms with Crippen molar-refractivity contribution in [3.8, 4) is 5.75 Å². The predicted molar refractivity (Wildman–Crippen MR) is 109 cm³/mol. The molecule has 0 fully saturated rings. The lowest BCUT2D eigenvalue weighted by molar-refractivity contribution is 0.0497. The summed E-state index contributed by atoms with van der Waals surface area (Å²) in [5.74, 6) is 0.695. The first-order valence-electron chi connectivity index (χ1n) is 9.67. The normalized spacial score (nSPS) is 10.7. The Bertz CT molecular complexity index is 842. The van der Waals surface area contributed by atoms with E-state index in [-0.39, 0.29) is 5.97 Å². The van der Waals surface area contributed by atoms with Crippen LogP contribution in [-0.4, -0.2) is 19.2 Å². The molecule has 0 spiro atoms. The number of esters is 1. The molecular weight excluding hydrogens is 336 g/mol. The zero-order chi connectivity index (χ0) is 18.7. The summed E-state index contributed by atoms with van der Waals surface area (Å²) in [4.78, 5) is 11.8. The summed E-state index contributed by atoms with van der Waals surface area (Å²) in [7, 11) is 0. The number of ether oxygens (including phenoxy) is 2. The van der Waals surface area contributed by atoms with Crippen LogP contribution in [0.2, 0.25) is 0 Å². The molecule has 0 atom stereocenters. The Hall–Kier alpha value is -2.81. The molecule has 0 bridgehead atoms. The van der Waals surface area contributed by atoms with E-state index in [2.05, 4.69) is 24.3 Å². The average molecular weight is 362 g/mol. The van der Waals surface area contributed by atoms with Gasteiger partial charge in [0.05, 0.1) is 18.8 Å². The summed E-state index contributed by atoms with van der Waals surface area (Å²) >= 11 is 0. The van der Waals surface area contributed by atoms with E-state index in [1.165, 1.54) is 10.8 Å². The van der Waals surface area contributed by atoms with Gasteiger partial charge in [0.25, 0.3) is 0 Å². The standard InChI is InChI=1S/C24H26O3/c25-24(21-12-5-4-6-13-21)27-18-10-3-1-2-9-17-26-23-16-15-20-11-7-8-14-22(20)19-23/h4-8,11-16,19H,1-3,9-10,17-18H2. The molecule has 0 unspecified atom stereocenters. The lowest BCUT2D eigenvalue weighted by Crippen LogP contribution is -2.06. The van der Waals surface area contributed by atoms with Crippen molar-refractivity contribution in [2.24, 2.45) is 0 Å². The summed E-state index contributed by atoms with van der Waals surface area (Å²) in [6, 6.07) is 23.7. The van der Waals surface area contributed by atoms with E-state index in [1.807, 2.05) is 36.4 Å². The molecule has 0 radical (unpaired) electrons. The largest absolute Gasteiger partial charge is 0.494 e. The maximum atomic E-state index is 11.8. The molecular formula is C24H26O3. The predicted octanol–water partition coefficient (Wildman–Crippen LogP) is 6.03. The third-order valence-electron chi connectivity index (χ3n) is 4.52. The van der Waals surface area contributed by atoms with Gasteiger partial charge in [-0.25, -0.2) is 4.79 Å². The van der Waals surface area contributed by atoms with Gasteiger partial charge in [0.1, 0.15) is 5.75 Å². The Morgan fingerprint density at radius 1 is 0.667 bits per heavy atom. The molecule has 140 valence electrons. The van der Waals surface area contributed by atoms with Gasteiger partial charge in [0.2, 0.25) is 0 Å². The quantitative estimate of drug-likeness (QED) is 0.326. The molecule has 0 aromatic heterocycles. The van der Waals surface area contributed by atoms with Crippen LogP contribution in [0.15, 0.2) is 72.8 Å². The average Bonchev–Trinajstić information content (AvgIpc) is 2.73. The lowest BCUT2D eigenvalue weighted by Gasteiger charge is -2.08. The Labute approximate surface area is 160 Å². The zero-order valence-corrected chi connectivity index (χ0v) is 15.6. The number of fused-ring (bicyclic) bond motifs is 1. The van der Waals surface area contributed by atoms with Gasteiger partial charge in [-0.1, -0.05) is 67.8 Å². The van der Waals surface area contributed by atoms with Crippen LogP contribution in [0, 0.1) is 0 Å². The number of benzene rings is 3. The molecule has 0 aliphatic rings. The number of carbonyl (C=O) groups excluding carboxylic acids is 1. The summed E-state index contributed by atoms with van der Waals surface area (Å²) < 4.78 is 11.1. The van der Waals surface area contributed by atoms with Crippen molar-refractivity contribution >= 4 is 16.7 Å². The second-order valence-electron chi connectivity index (χ2n) is 6.63. The minimum absolute atomic E-state index is 0.237. The Balaban J connectivity index is 1.23. The van der Waals surface area contributed by atoms with Crippen molar-refractivity contribution in [2.45, 2.75) is 32.1 Å². The van der Waals surface area contributed by atoms with Crippen LogP contribution in [0.5, 0.6) is 5.75 Å². The zero-order valence-electron chi connectivity index (χ0n) is 15.6. The van der Waals surface area contributed by atoms with Gasteiger partial charge in [-0.3, -0.25) is 0 Å². The topological polar surface area (TPSA) is 35.5 Å². The molecule has 0 heterocycles. The highest BCUT2D eigenvalue weighted by Crippen LogP contribution is 2.20. The Morgan fingerprint density at radius 2 is 1.33 bits per heavy atom. The van der Waals surface area contributed by atoms with Crippen LogP contribution in [-0.2, 0) is 4.74 Å². The van der Waals surface area contributed by atoms with E-state index in [0.717, 1.165) is 44.5 Å². The Kier molecular flexibility index (Phi) is 7.28. The van der Waals surface area contributed by atoms with E-state index < -0.39 is 0 Å². The minimum atomic E-state index is -0.237. The fourth-order valence-electron chi connectivity index (χ4n) is 3.00. The number of hydrogen-bond acceptors (Lipinski definition) is 3. The summed E-state index contributed by atoms with van der Waals surface area (Å²) in [6.45, 7) is 1.22. The highest BCUT2D eigenvalue weighted by Gasteiger charge is 2.05. The number of carbonyl (C=O) groups is 1. The summed E-state index contributed by atoms with van der Waals surface area (Å²) in [5.41, 5.74) is 0.614. The molecule has 0 amide bonds. The number of rotatable bonds is 10. The van der Waals surface area contributed by atoms with Crippen molar-refractivity contribution in [3.05, 3.63) is 78.4 Å². The fraction of sp³-hybridized carbons (Fsp3) is 0.292. The van der Waals surface area contributed by atoms with Gasteiger partial charge in [0.15, 0.2) is 0 Å². The van der Waals surface area contributed by atoms with E-state index in [0.29, 0.717) is 12.2 Å². The molecule has 0 aliphatic heterocycles. The molecule has 3 nitrogen and oxygen atoms in total. The maximum Gasteiger partial charge on any atom is 0.338 e. The van der Waals surface area contributed by atoms with Crippen molar-refractivity contribution < 1.29 is 14.3 Å². The second kappa shape index (κ2) is 10.4. The van der Waals surface area contributed by atoms with Crippen LogP contribution in [0.3, 0.4) is 0 Å². The van der Waals surface area contributed by atoms with Gasteiger partial charge < -0.3 is 9.47 Å². The molecule has 27 heavy (non-hydrogen) atoms. The van der Waals surface area contributed by atoms with Gasteiger partial charge in [-0.15, -0.1) is 0 Å². The van der Waals surface area contributed by atoms with Gasteiger partial charge >= 0.3 is 5.97 Å². The molecule has 3 aromatic carbocycles. The highest BCUT2D eigenvalue weighted by atomic mass is 16.5. The fourth-order valence-corrected chi connectivity index (χ4v) is 3.00. The lowest BCUT2D eigenvalue weighted by atomic mass is 10.1. The monoisotopic (exact) mass is 362 g/mol. The van der Waals surface area contributed by atoms with E-state index in [4.69, 9.17) is 9.47 Å². The van der Waals surface area contributed by atoms with Crippen LogP contribution >= 0.6 is 0 Å². The van der Waals surface area contributed by atoms with E-state index in [9.17, 15) is 4.79 Å². The molecule has 0 saturated carbocycles. The number of hydrogen-bond donors (Lipinski definition) is 0. The van der Waals surface area contributed by atoms with Crippen LogP contribution in [0.4, 0.5) is 0 Å². The highest BCUT2D eigenvalue weighted by molar-refractivity contribution is 5.89. The molecule has 3 aromatic rings. The third kappa shape index (κ3) is 6.14. The van der Waals surface area contributed by atoms with Crippen molar-refractivity contribution in [1.29, 1.82) is 0 Å². The second-order valence-corrected chi connectivity index (χ2v) is 6.63. The molecule has 0 aliphatic carbocycles. The molecule has 0 N–H and O–H groups in total. The number of unbranched alkanes of at least 4 members (excludes halogenated alkanes) is 4. The first-order valence-corrected chi connectivity index (χ1v) is 9.67. The van der Waals surface area contributed by atoms with Crippen LogP contribution in [0.25, 0.3) is 10.8 Å². The van der Waals surface area contributed by atoms with Gasteiger partial charge in [-0.2, -0.15) is 0 Å². The first-order chi connectivity index (χ1) is 13.3. The van der Waals surface area contributed by atoms with Crippen molar-refractivity contribution in [3.63, 3.8) is 0 Å². The van der Waals surface area contributed by atoms with Crippen LogP contribution < -0.4 is 4.74 Å². The van der Waals surface area contributed by atoms with Crippen molar-refractivity contribution in [2.75, 3.05) is 13.2 Å². The molecule has 3 rings (SSSR count). The first kappa shape index (κ1) is 19.0. The van der Waals surface area contributed by atoms with Gasteiger partial charge in [0, 0.05) is 0 Å². The summed E-state index contributed by atoms with van der Waals surface area (Å²) in [6.07, 6.45) is 5.27. The molecule has 0 saturated heterocycles. The SMILES string of the molecule is O=C(OCCCCCCCOc1ccc2ccccc2c1)c1ccccc1. The maximum absolute atomic E-state index is 11.8. The Morgan fingerprint density at radius 3 is 2.15 bits per heavy atom. The smallest absolute Gasteiger partial charge is 0.338 e. The third-order valence-corrected chi connectivity index (χ3v) is 4.52.